The van der Waals surface area contributed by atoms with Crippen LogP contribution < -0.4 is 4.90 Å². The average molecular weight is 350 g/mol. The number of hydrogen-bond acceptors (Lipinski definition) is 6. The third kappa shape index (κ3) is 3.09. The highest BCUT2D eigenvalue weighted by atomic mass is 32.2. The lowest BCUT2D eigenvalue weighted by Crippen LogP contribution is -2.33. The Kier molecular flexibility index (Phi) is 4.46. The van der Waals surface area contributed by atoms with Gasteiger partial charge >= 0.3 is 0 Å². The van der Waals surface area contributed by atoms with Crippen molar-refractivity contribution in [2.24, 2.45) is 5.92 Å². The van der Waals surface area contributed by atoms with Crippen molar-refractivity contribution in [3.05, 3.63) is 30.0 Å². The zero-order valence-electron chi connectivity index (χ0n) is 14.0. The smallest absolute Gasteiger partial charge is 0.214 e. The molecule has 24 heavy (non-hydrogen) atoms. The lowest BCUT2D eigenvalue weighted by atomic mass is 10.1. The Labute approximate surface area is 142 Å². The first-order valence-electron chi connectivity index (χ1n) is 7.85. The summed E-state index contributed by atoms with van der Waals surface area (Å²) in [4.78, 5) is 1.93. The number of aliphatic hydroxyl groups excluding tert-OH is 1. The fourth-order valence-corrected chi connectivity index (χ4v) is 4.23. The predicted octanol–water partition coefficient (Wildman–Crippen LogP) is 0.627. The summed E-state index contributed by atoms with van der Waals surface area (Å²) in [6, 6.07) is 7.85. The highest BCUT2D eigenvalue weighted by molar-refractivity contribution is 7.89. The summed E-state index contributed by atoms with van der Waals surface area (Å²) in [6.07, 6.45) is -0.707. The molecule has 1 aliphatic rings. The Morgan fingerprint density at radius 2 is 1.88 bits per heavy atom. The second kappa shape index (κ2) is 6.27. The number of nitrogens with zero attached hydrogens (tertiary/aromatic N) is 4. The Morgan fingerprint density at radius 3 is 2.54 bits per heavy atom. The normalized spacial score (nSPS) is 21.8. The molecule has 0 bridgehead atoms. The predicted molar refractivity (Wildman–Crippen MR) is 93.5 cm³/mol. The number of anilines is 1. The van der Waals surface area contributed by atoms with Gasteiger partial charge in [-0.05, 0) is 6.92 Å². The molecular formula is C16H22N4O3S. The maximum Gasteiger partial charge on any atom is 0.214 e. The van der Waals surface area contributed by atoms with Gasteiger partial charge in [-0.2, -0.15) is 5.10 Å². The van der Waals surface area contributed by atoms with E-state index in [2.05, 4.69) is 10.2 Å². The monoisotopic (exact) mass is 350 g/mol. The average Bonchev–Trinajstić information content (AvgIpc) is 2.88. The van der Waals surface area contributed by atoms with Gasteiger partial charge in [-0.1, -0.05) is 24.3 Å². The van der Waals surface area contributed by atoms with Crippen LogP contribution in [0.3, 0.4) is 0 Å². The van der Waals surface area contributed by atoms with E-state index in [9.17, 15) is 13.5 Å². The summed E-state index contributed by atoms with van der Waals surface area (Å²) in [5.74, 6) is 0.272. The second-order valence-corrected chi connectivity index (χ2v) is 8.68. The van der Waals surface area contributed by atoms with Gasteiger partial charge in [-0.15, -0.1) is 5.10 Å². The topological polar surface area (TPSA) is 86.6 Å². The molecule has 2 aromatic rings. The summed E-state index contributed by atoms with van der Waals surface area (Å²) in [5, 5.41) is 20.8. The van der Waals surface area contributed by atoms with E-state index in [-0.39, 0.29) is 11.7 Å². The van der Waals surface area contributed by atoms with Crippen LogP contribution in [0.1, 0.15) is 5.69 Å². The van der Waals surface area contributed by atoms with Gasteiger partial charge in [0, 0.05) is 43.9 Å². The Balaban J connectivity index is 1.89. The molecule has 2 heterocycles. The second-order valence-electron chi connectivity index (χ2n) is 6.45. The van der Waals surface area contributed by atoms with Crippen molar-refractivity contribution in [2.45, 2.75) is 13.0 Å². The number of sulfonamides is 1. The molecule has 7 nitrogen and oxygen atoms in total. The van der Waals surface area contributed by atoms with Crippen LogP contribution in [-0.4, -0.2) is 67.1 Å². The number of aromatic nitrogens is 2. The Bertz CT molecular complexity index is 854. The lowest BCUT2D eigenvalue weighted by Gasteiger charge is -2.19. The van der Waals surface area contributed by atoms with E-state index < -0.39 is 16.1 Å². The number of rotatable bonds is 4. The van der Waals surface area contributed by atoms with Crippen LogP contribution in [-0.2, 0) is 10.0 Å². The molecule has 0 spiro atoms. The molecule has 3 rings (SSSR count). The summed E-state index contributed by atoms with van der Waals surface area (Å²) in [6.45, 7) is 2.70. The molecule has 1 saturated heterocycles. The molecule has 8 heteroatoms. The van der Waals surface area contributed by atoms with Crippen molar-refractivity contribution >= 4 is 26.6 Å². The highest BCUT2D eigenvalue weighted by Gasteiger charge is 2.36. The summed E-state index contributed by atoms with van der Waals surface area (Å²) in [5.41, 5.74) is 0.848. The molecule has 2 atom stereocenters. The number of benzene rings is 1. The van der Waals surface area contributed by atoms with Crippen molar-refractivity contribution in [2.75, 3.05) is 37.8 Å². The van der Waals surface area contributed by atoms with Gasteiger partial charge in [0.2, 0.25) is 10.0 Å². The number of aliphatic hydroxyl groups is 1. The third-order valence-electron chi connectivity index (χ3n) is 4.54. The van der Waals surface area contributed by atoms with E-state index in [1.807, 2.05) is 36.1 Å². The van der Waals surface area contributed by atoms with E-state index in [4.69, 9.17) is 0 Å². The van der Waals surface area contributed by atoms with Gasteiger partial charge in [0.15, 0.2) is 5.82 Å². The first-order chi connectivity index (χ1) is 11.3. The van der Waals surface area contributed by atoms with Crippen LogP contribution in [0.25, 0.3) is 10.8 Å². The van der Waals surface area contributed by atoms with Gasteiger partial charge in [0.1, 0.15) is 0 Å². The van der Waals surface area contributed by atoms with Gasteiger partial charge in [-0.3, -0.25) is 0 Å². The molecule has 1 aromatic heterocycles. The molecule has 0 radical (unpaired) electrons. The third-order valence-corrected chi connectivity index (χ3v) is 6.50. The lowest BCUT2D eigenvalue weighted by molar-refractivity contribution is 0.157. The first kappa shape index (κ1) is 17.1. The van der Waals surface area contributed by atoms with E-state index in [1.54, 1.807) is 0 Å². The van der Waals surface area contributed by atoms with Crippen LogP contribution in [0.15, 0.2) is 24.3 Å². The number of β-amino-alcohol motifs (C(OH)–C–C–N with tert-alkyl or cyclic N) is 1. The minimum Gasteiger partial charge on any atom is -0.391 e. The SMILES string of the molecule is Cc1nnc(N2C[C@@H](CS(=O)(=O)N(C)C)[C@H](O)C2)c2ccccc12. The molecule has 1 aromatic carbocycles. The van der Waals surface area contributed by atoms with E-state index in [1.165, 1.54) is 18.4 Å². The first-order valence-corrected chi connectivity index (χ1v) is 9.46. The fraction of sp³-hybridized carbons (Fsp3) is 0.500. The van der Waals surface area contributed by atoms with Crippen molar-refractivity contribution in [3.63, 3.8) is 0 Å². The van der Waals surface area contributed by atoms with Crippen LogP contribution in [0.4, 0.5) is 5.82 Å². The standard InChI is InChI=1S/C16H22N4O3S/c1-11-13-6-4-5-7-14(13)16(18-17-11)20-8-12(15(21)9-20)10-24(22,23)19(2)3/h4-7,12,15,21H,8-10H2,1-3H3/t12-,15+/m0/s1. The van der Waals surface area contributed by atoms with Crippen molar-refractivity contribution in [1.29, 1.82) is 0 Å². The Morgan fingerprint density at radius 1 is 1.21 bits per heavy atom. The number of aryl methyl sites for hydroxylation is 1. The van der Waals surface area contributed by atoms with Crippen LogP contribution in [0.2, 0.25) is 0 Å². The van der Waals surface area contributed by atoms with Gasteiger partial charge < -0.3 is 10.0 Å². The van der Waals surface area contributed by atoms with Crippen LogP contribution >= 0.6 is 0 Å². The maximum atomic E-state index is 12.1. The Hall–Kier alpha value is -1.77. The summed E-state index contributed by atoms with van der Waals surface area (Å²) in [7, 11) is -0.344. The fourth-order valence-electron chi connectivity index (χ4n) is 3.07. The van der Waals surface area contributed by atoms with Gasteiger partial charge in [-0.25, -0.2) is 12.7 Å². The minimum absolute atomic E-state index is 0.0745. The minimum atomic E-state index is -3.36. The summed E-state index contributed by atoms with van der Waals surface area (Å²) < 4.78 is 25.4. The van der Waals surface area contributed by atoms with Gasteiger partial charge in [0.05, 0.1) is 17.6 Å². The quantitative estimate of drug-likeness (QED) is 0.870. The van der Waals surface area contributed by atoms with Crippen molar-refractivity contribution < 1.29 is 13.5 Å². The van der Waals surface area contributed by atoms with Crippen molar-refractivity contribution in [3.8, 4) is 0 Å². The molecule has 1 fully saturated rings. The van der Waals surface area contributed by atoms with Gasteiger partial charge in [0.25, 0.3) is 0 Å². The molecule has 0 aliphatic carbocycles. The molecule has 130 valence electrons. The maximum absolute atomic E-state index is 12.1. The molecule has 1 N–H and O–H groups in total. The van der Waals surface area contributed by atoms with Crippen molar-refractivity contribution in [1.82, 2.24) is 14.5 Å². The molecular weight excluding hydrogens is 328 g/mol. The molecule has 0 unspecified atom stereocenters. The molecule has 0 amide bonds. The van der Waals surface area contributed by atoms with E-state index in [0.717, 1.165) is 16.5 Å². The van der Waals surface area contributed by atoms with Crippen LogP contribution in [0.5, 0.6) is 0 Å². The number of fused-ring (bicyclic) bond motifs is 1. The largest absolute Gasteiger partial charge is 0.391 e. The summed E-state index contributed by atoms with van der Waals surface area (Å²) >= 11 is 0. The zero-order valence-corrected chi connectivity index (χ0v) is 14.9. The highest BCUT2D eigenvalue weighted by Crippen LogP contribution is 2.30. The van der Waals surface area contributed by atoms with E-state index in [0.29, 0.717) is 18.9 Å². The van der Waals surface area contributed by atoms with E-state index >= 15 is 0 Å². The molecule has 0 saturated carbocycles. The molecule has 1 aliphatic heterocycles. The number of hydrogen-bond donors (Lipinski definition) is 1. The zero-order chi connectivity index (χ0) is 17.5. The van der Waals surface area contributed by atoms with Crippen LogP contribution in [0, 0.1) is 12.8 Å².